The fourth-order valence-electron chi connectivity index (χ4n) is 1.91. The predicted molar refractivity (Wildman–Crippen MR) is 69.4 cm³/mol. The van der Waals surface area contributed by atoms with E-state index in [1.807, 2.05) is 6.92 Å². The summed E-state index contributed by atoms with van der Waals surface area (Å²) in [5.41, 5.74) is 2.48. The second-order valence-corrected chi connectivity index (χ2v) is 4.45. The summed E-state index contributed by atoms with van der Waals surface area (Å²) in [6, 6.07) is 0. The van der Waals surface area contributed by atoms with E-state index in [-0.39, 0.29) is 5.92 Å². The number of hydrogen-bond acceptors (Lipinski definition) is 3. The second-order valence-electron chi connectivity index (χ2n) is 4.45. The maximum Gasteiger partial charge on any atom is 0.328 e. The zero-order valence-electron chi connectivity index (χ0n) is 10.6. The molecule has 0 radical (unpaired) electrons. The molecule has 0 aliphatic rings. The van der Waals surface area contributed by atoms with Crippen LogP contribution in [0.2, 0.25) is 0 Å². The van der Waals surface area contributed by atoms with Crippen LogP contribution in [0.1, 0.15) is 36.8 Å². The van der Waals surface area contributed by atoms with Crippen molar-refractivity contribution in [2.24, 2.45) is 0 Å². The predicted octanol–water partition coefficient (Wildman–Crippen LogP) is 2.49. The Morgan fingerprint density at radius 3 is 2.78 bits per heavy atom. The van der Waals surface area contributed by atoms with Gasteiger partial charge in [0.2, 0.25) is 0 Å². The van der Waals surface area contributed by atoms with Crippen LogP contribution in [0.25, 0.3) is 17.1 Å². The highest BCUT2D eigenvalue weighted by Crippen LogP contribution is 2.26. The number of rotatable bonds is 3. The summed E-state index contributed by atoms with van der Waals surface area (Å²) in [5, 5.41) is 9.58. The number of aromatic nitrogens is 3. The molecule has 0 spiro atoms. The smallest absolute Gasteiger partial charge is 0.328 e. The SMILES string of the molecule is Cc1nc(C(C)C)c2c(/C=C/C(=O)O)c[nH]c2n1. The number of carboxylic acids is 1. The molecule has 2 aromatic heterocycles. The summed E-state index contributed by atoms with van der Waals surface area (Å²) < 4.78 is 0. The van der Waals surface area contributed by atoms with Gasteiger partial charge in [0.25, 0.3) is 0 Å². The third-order valence-electron chi connectivity index (χ3n) is 2.65. The van der Waals surface area contributed by atoms with E-state index < -0.39 is 5.97 Å². The van der Waals surface area contributed by atoms with Crippen LogP contribution in [0.4, 0.5) is 0 Å². The molecule has 94 valence electrons. The van der Waals surface area contributed by atoms with Crippen molar-refractivity contribution in [2.45, 2.75) is 26.7 Å². The van der Waals surface area contributed by atoms with Gasteiger partial charge in [0.15, 0.2) is 0 Å². The van der Waals surface area contributed by atoms with Gasteiger partial charge in [0, 0.05) is 23.2 Å². The molecule has 0 saturated heterocycles. The highest BCUT2D eigenvalue weighted by Gasteiger charge is 2.13. The second kappa shape index (κ2) is 4.60. The Balaban J connectivity index is 2.66. The summed E-state index contributed by atoms with van der Waals surface area (Å²) >= 11 is 0. The van der Waals surface area contributed by atoms with Crippen LogP contribution in [0.15, 0.2) is 12.3 Å². The van der Waals surface area contributed by atoms with Crippen molar-refractivity contribution in [1.82, 2.24) is 15.0 Å². The Morgan fingerprint density at radius 1 is 1.44 bits per heavy atom. The van der Waals surface area contributed by atoms with E-state index in [0.717, 1.165) is 28.4 Å². The van der Waals surface area contributed by atoms with E-state index >= 15 is 0 Å². The van der Waals surface area contributed by atoms with Crippen molar-refractivity contribution in [1.29, 1.82) is 0 Å². The van der Waals surface area contributed by atoms with Crippen molar-refractivity contribution < 1.29 is 9.90 Å². The molecule has 0 amide bonds. The van der Waals surface area contributed by atoms with Gasteiger partial charge in [-0.15, -0.1) is 0 Å². The molecule has 2 aromatic rings. The summed E-state index contributed by atoms with van der Waals surface area (Å²) in [4.78, 5) is 22.4. The first-order chi connectivity index (χ1) is 8.49. The van der Waals surface area contributed by atoms with Gasteiger partial charge in [-0.1, -0.05) is 13.8 Å². The molecule has 0 bridgehead atoms. The summed E-state index contributed by atoms with van der Waals surface area (Å²) in [5.74, 6) is -0.00716. The van der Waals surface area contributed by atoms with Crippen LogP contribution >= 0.6 is 0 Å². The maximum absolute atomic E-state index is 10.6. The molecular weight excluding hydrogens is 230 g/mol. The molecule has 0 atom stereocenters. The van der Waals surface area contributed by atoms with Gasteiger partial charge in [0.05, 0.1) is 5.69 Å². The zero-order valence-corrected chi connectivity index (χ0v) is 10.6. The minimum absolute atomic E-state index is 0.252. The number of nitrogens with zero attached hydrogens (tertiary/aromatic N) is 2. The molecule has 2 rings (SSSR count). The van der Waals surface area contributed by atoms with Crippen molar-refractivity contribution in [3.05, 3.63) is 29.4 Å². The van der Waals surface area contributed by atoms with Crippen molar-refractivity contribution in [3.63, 3.8) is 0 Å². The molecular formula is C13H15N3O2. The summed E-state index contributed by atoms with van der Waals surface area (Å²) in [6.45, 7) is 5.96. The van der Waals surface area contributed by atoms with Gasteiger partial charge < -0.3 is 10.1 Å². The molecule has 5 heteroatoms. The quantitative estimate of drug-likeness (QED) is 0.814. The minimum atomic E-state index is -0.969. The van der Waals surface area contributed by atoms with Gasteiger partial charge in [0.1, 0.15) is 11.5 Å². The lowest BCUT2D eigenvalue weighted by molar-refractivity contribution is -0.131. The van der Waals surface area contributed by atoms with E-state index in [9.17, 15) is 4.79 Å². The largest absolute Gasteiger partial charge is 0.478 e. The molecule has 0 fully saturated rings. The lowest BCUT2D eigenvalue weighted by Crippen LogP contribution is -1.99. The Kier molecular flexibility index (Phi) is 3.14. The number of carboxylic acid groups (broad SMARTS) is 1. The van der Waals surface area contributed by atoms with E-state index in [0.29, 0.717) is 5.82 Å². The van der Waals surface area contributed by atoms with E-state index in [1.165, 1.54) is 0 Å². The van der Waals surface area contributed by atoms with Crippen molar-refractivity contribution >= 4 is 23.1 Å². The third kappa shape index (κ3) is 2.25. The first-order valence-corrected chi connectivity index (χ1v) is 5.75. The lowest BCUT2D eigenvalue weighted by atomic mass is 10.0. The Hall–Kier alpha value is -2.17. The highest BCUT2D eigenvalue weighted by molar-refractivity contribution is 5.93. The maximum atomic E-state index is 10.6. The van der Waals surface area contributed by atoms with Gasteiger partial charge in [-0.3, -0.25) is 0 Å². The van der Waals surface area contributed by atoms with Crippen LogP contribution in [0, 0.1) is 6.92 Å². The molecule has 2 heterocycles. The van der Waals surface area contributed by atoms with Gasteiger partial charge in [-0.2, -0.15) is 0 Å². The molecule has 5 nitrogen and oxygen atoms in total. The fraction of sp³-hybridized carbons (Fsp3) is 0.308. The average Bonchev–Trinajstić information content (AvgIpc) is 2.67. The molecule has 0 aliphatic heterocycles. The van der Waals surface area contributed by atoms with E-state index in [4.69, 9.17) is 5.11 Å². The van der Waals surface area contributed by atoms with Crippen molar-refractivity contribution in [3.8, 4) is 0 Å². The van der Waals surface area contributed by atoms with Gasteiger partial charge in [-0.05, 0) is 18.9 Å². The van der Waals surface area contributed by atoms with Crippen LogP contribution < -0.4 is 0 Å². The Morgan fingerprint density at radius 2 is 2.17 bits per heavy atom. The normalized spacial score (nSPS) is 11.8. The van der Waals surface area contributed by atoms with E-state index in [1.54, 1.807) is 12.3 Å². The number of aliphatic carboxylic acids is 1. The van der Waals surface area contributed by atoms with Gasteiger partial charge >= 0.3 is 5.97 Å². The highest BCUT2D eigenvalue weighted by atomic mass is 16.4. The monoisotopic (exact) mass is 245 g/mol. The average molecular weight is 245 g/mol. The third-order valence-corrected chi connectivity index (χ3v) is 2.65. The minimum Gasteiger partial charge on any atom is -0.478 e. The molecule has 0 aliphatic carbocycles. The van der Waals surface area contributed by atoms with Crippen LogP contribution in [-0.4, -0.2) is 26.0 Å². The topological polar surface area (TPSA) is 78.9 Å². The first kappa shape index (κ1) is 12.3. The molecule has 0 aromatic carbocycles. The number of nitrogens with one attached hydrogen (secondary N) is 1. The number of hydrogen-bond donors (Lipinski definition) is 2. The Labute approximate surface area is 105 Å². The first-order valence-electron chi connectivity index (χ1n) is 5.75. The van der Waals surface area contributed by atoms with Crippen LogP contribution in [0.5, 0.6) is 0 Å². The molecule has 0 unspecified atom stereocenters. The molecule has 0 saturated carbocycles. The van der Waals surface area contributed by atoms with Gasteiger partial charge in [-0.25, -0.2) is 14.8 Å². The number of fused-ring (bicyclic) bond motifs is 1. The number of aryl methyl sites for hydroxylation is 1. The van der Waals surface area contributed by atoms with Crippen molar-refractivity contribution in [2.75, 3.05) is 0 Å². The fourth-order valence-corrected chi connectivity index (χ4v) is 1.91. The number of H-pyrrole nitrogens is 1. The van der Waals surface area contributed by atoms with E-state index in [2.05, 4.69) is 28.8 Å². The number of carbonyl (C=O) groups is 1. The molecule has 2 N–H and O–H groups in total. The summed E-state index contributed by atoms with van der Waals surface area (Å²) in [7, 11) is 0. The van der Waals surface area contributed by atoms with Crippen LogP contribution in [-0.2, 0) is 4.79 Å². The Bertz CT molecular complexity index is 626. The zero-order chi connectivity index (χ0) is 13.3. The molecule has 18 heavy (non-hydrogen) atoms. The standard InChI is InChI=1S/C13H15N3O2/c1-7(2)12-11-9(4-5-10(17)18)6-14-13(11)16-8(3)15-12/h4-7H,1-3H3,(H,17,18)(H,14,15,16)/b5-4+. The number of aromatic amines is 1. The lowest BCUT2D eigenvalue weighted by Gasteiger charge is -2.07. The summed E-state index contributed by atoms with van der Waals surface area (Å²) in [6.07, 6.45) is 4.43. The van der Waals surface area contributed by atoms with Crippen LogP contribution in [0.3, 0.4) is 0 Å².